The van der Waals surface area contributed by atoms with E-state index in [1.807, 2.05) is 44.0 Å². The third-order valence-electron chi connectivity index (χ3n) is 5.54. The second-order valence-electron chi connectivity index (χ2n) is 7.61. The maximum absolute atomic E-state index is 9.56. The molecule has 30 heavy (non-hydrogen) atoms. The largest absolute Gasteiger partial charge is 0.367 e. The van der Waals surface area contributed by atoms with Crippen LogP contribution in [0, 0.1) is 11.3 Å². The Hall–Kier alpha value is -3.70. The van der Waals surface area contributed by atoms with Crippen molar-refractivity contribution in [2.45, 2.75) is 18.9 Å². The zero-order valence-electron chi connectivity index (χ0n) is 16.7. The maximum atomic E-state index is 9.56. The number of fused-ring (bicyclic) bond motifs is 1. The summed E-state index contributed by atoms with van der Waals surface area (Å²) in [5.41, 5.74) is 5.16. The van der Waals surface area contributed by atoms with Crippen molar-refractivity contribution in [2.75, 3.05) is 18.4 Å². The molecule has 0 amide bonds. The average molecular weight is 398 g/mol. The van der Waals surface area contributed by atoms with E-state index in [1.54, 1.807) is 15.4 Å². The highest BCUT2D eigenvalue weighted by Gasteiger charge is 2.16. The summed E-state index contributed by atoms with van der Waals surface area (Å²) < 4.78 is 3.53. The Labute approximate surface area is 174 Å². The summed E-state index contributed by atoms with van der Waals surface area (Å²) in [5, 5.41) is 25.1. The Morgan fingerprint density at radius 1 is 1.07 bits per heavy atom. The van der Waals surface area contributed by atoms with E-state index in [-0.39, 0.29) is 0 Å². The maximum Gasteiger partial charge on any atom is 0.126 e. The highest BCUT2D eigenvalue weighted by Crippen LogP contribution is 2.32. The zero-order chi connectivity index (χ0) is 20.5. The molecule has 0 saturated carbocycles. The molecule has 4 aromatic rings. The standard InChI is InChI=1S/C22H22N8/c1-29-13-18(12-26-29)16-8-20(22-17(9-23)11-27-30(22)14-16)15-2-3-21(25-10-15)28-19-4-6-24-7-5-19/h2-3,8,10-14,19,24H,4-7H2,1H3,(H,25,28). The van der Waals surface area contributed by atoms with Crippen LogP contribution in [0.5, 0.6) is 0 Å². The first-order valence-corrected chi connectivity index (χ1v) is 10.1. The summed E-state index contributed by atoms with van der Waals surface area (Å²) in [5.74, 6) is 0.874. The van der Waals surface area contributed by atoms with Gasteiger partial charge in [0.25, 0.3) is 0 Å². The Bertz CT molecular complexity index is 1220. The van der Waals surface area contributed by atoms with Crippen LogP contribution < -0.4 is 10.6 Å². The quantitative estimate of drug-likeness (QED) is 0.549. The van der Waals surface area contributed by atoms with E-state index < -0.39 is 0 Å². The van der Waals surface area contributed by atoms with E-state index in [4.69, 9.17) is 0 Å². The number of nitrogens with zero attached hydrogens (tertiary/aromatic N) is 6. The molecule has 8 heteroatoms. The van der Waals surface area contributed by atoms with Gasteiger partial charge in [-0.1, -0.05) is 0 Å². The lowest BCUT2D eigenvalue weighted by molar-refractivity contribution is 0.478. The summed E-state index contributed by atoms with van der Waals surface area (Å²) in [4.78, 5) is 4.64. The number of hydrogen-bond acceptors (Lipinski definition) is 6. The summed E-state index contributed by atoms with van der Waals surface area (Å²) in [6, 6.07) is 8.83. The SMILES string of the molecule is Cn1cc(-c2cc(-c3ccc(NC4CCNCC4)nc3)c3c(C#N)cnn3c2)cn1. The van der Waals surface area contributed by atoms with E-state index in [0.29, 0.717) is 11.6 Å². The van der Waals surface area contributed by atoms with Crippen molar-refractivity contribution >= 4 is 11.3 Å². The van der Waals surface area contributed by atoms with Gasteiger partial charge in [-0.3, -0.25) is 4.68 Å². The van der Waals surface area contributed by atoms with E-state index in [0.717, 1.165) is 59.5 Å². The van der Waals surface area contributed by atoms with Crippen LogP contribution in [-0.2, 0) is 7.05 Å². The molecule has 0 aromatic carbocycles. The van der Waals surface area contributed by atoms with Crippen molar-refractivity contribution in [3.05, 3.63) is 54.7 Å². The summed E-state index contributed by atoms with van der Waals surface area (Å²) in [7, 11) is 1.89. The van der Waals surface area contributed by atoms with Crippen molar-refractivity contribution in [3.8, 4) is 28.3 Å². The lowest BCUT2D eigenvalue weighted by atomic mass is 10.0. The third-order valence-corrected chi connectivity index (χ3v) is 5.54. The van der Waals surface area contributed by atoms with Gasteiger partial charge < -0.3 is 10.6 Å². The van der Waals surface area contributed by atoms with Gasteiger partial charge in [-0.25, -0.2) is 9.50 Å². The fraction of sp³-hybridized carbons (Fsp3) is 0.273. The average Bonchev–Trinajstić information content (AvgIpc) is 3.40. The minimum Gasteiger partial charge on any atom is -0.367 e. The molecule has 0 aliphatic carbocycles. The molecule has 1 fully saturated rings. The smallest absolute Gasteiger partial charge is 0.126 e. The van der Waals surface area contributed by atoms with Crippen molar-refractivity contribution in [2.24, 2.45) is 7.05 Å². The number of nitriles is 1. The van der Waals surface area contributed by atoms with E-state index in [1.165, 1.54) is 0 Å². The van der Waals surface area contributed by atoms with E-state index in [2.05, 4.69) is 38.0 Å². The van der Waals surface area contributed by atoms with E-state index in [9.17, 15) is 5.26 Å². The predicted octanol–water partition coefficient (Wildman–Crippen LogP) is 2.83. The molecule has 4 aromatic heterocycles. The topological polar surface area (TPSA) is 95.9 Å². The fourth-order valence-electron chi connectivity index (χ4n) is 3.97. The first-order chi connectivity index (χ1) is 14.7. The van der Waals surface area contributed by atoms with Crippen LogP contribution in [0.4, 0.5) is 5.82 Å². The highest BCUT2D eigenvalue weighted by molar-refractivity contribution is 5.87. The number of anilines is 1. The van der Waals surface area contributed by atoms with Crippen LogP contribution in [0.1, 0.15) is 18.4 Å². The van der Waals surface area contributed by atoms with Gasteiger partial charge in [0.1, 0.15) is 11.9 Å². The second-order valence-corrected chi connectivity index (χ2v) is 7.61. The van der Waals surface area contributed by atoms with Gasteiger partial charge in [-0.05, 0) is 44.1 Å². The molecule has 0 unspecified atom stereocenters. The normalized spacial score (nSPS) is 14.7. The zero-order valence-corrected chi connectivity index (χ0v) is 16.7. The molecule has 5 rings (SSSR count). The lowest BCUT2D eigenvalue weighted by Gasteiger charge is -2.24. The number of aromatic nitrogens is 5. The lowest BCUT2D eigenvalue weighted by Crippen LogP contribution is -2.35. The molecule has 0 spiro atoms. The number of pyridine rings is 2. The van der Waals surface area contributed by atoms with Gasteiger partial charge in [0, 0.05) is 53.9 Å². The predicted molar refractivity (Wildman–Crippen MR) is 115 cm³/mol. The summed E-state index contributed by atoms with van der Waals surface area (Å²) in [6.45, 7) is 2.07. The van der Waals surface area contributed by atoms with Crippen molar-refractivity contribution in [3.63, 3.8) is 0 Å². The highest BCUT2D eigenvalue weighted by atomic mass is 15.2. The van der Waals surface area contributed by atoms with Crippen LogP contribution in [0.25, 0.3) is 27.8 Å². The molecule has 150 valence electrons. The van der Waals surface area contributed by atoms with E-state index >= 15 is 0 Å². The van der Waals surface area contributed by atoms with Crippen molar-refractivity contribution in [1.82, 2.24) is 29.7 Å². The van der Waals surface area contributed by atoms with Gasteiger partial charge in [0.15, 0.2) is 0 Å². The summed E-state index contributed by atoms with van der Waals surface area (Å²) in [6.07, 6.45) is 11.4. The van der Waals surface area contributed by atoms with Crippen LogP contribution in [-0.4, -0.2) is 43.5 Å². The first-order valence-electron chi connectivity index (χ1n) is 10.1. The number of aryl methyl sites for hydroxylation is 1. The number of rotatable bonds is 4. The third kappa shape index (κ3) is 3.40. The minimum absolute atomic E-state index is 0.449. The molecule has 0 radical (unpaired) electrons. The minimum atomic E-state index is 0.449. The van der Waals surface area contributed by atoms with Gasteiger partial charge in [-0.2, -0.15) is 15.5 Å². The van der Waals surface area contributed by atoms with Crippen LogP contribution in [0.2, 0.25) is 0 Å². The number of nitrogens with one attached hydrogen (secondary N) is 2. The van der Waals surface area contributed by atoms with Gasteiger partial charge >= 0.3 is 0 Å². The molecule has 1 saturated heterocycles. The molecule has 5 heterocycles. The molecule has 8 nitrogen and oxygen atoms in total. The second kappa shape index (κ2) is 7.61. The van der Waals surface area contributed by atoms with Gasteiger partial charge in [-0.15, -0.1) is 0 Å². The Balaban J connectivity index is 1.55. The molecule has 1 aliphatic heterocycles. The van der Waals surface area contributed by atoms with Gasteiger partial charge in [0.05, 0.1) is 23.5 Å². The van der Waals surface area contributed by atoms with Crippen molar-refractivity contribution < 1.29 is 0 Å². The van der Waals surface area contributed by atoms with Crippen LogP contribution >= 0.6 is 0 Å². The van der Waals surface area contributed by atoms with Gasteiger partial charge in [0.2, 0.25) is 0 Å². The molecule has 1 aliphatic rings. The number of piperidine rings is 1. The summed E-state index contributed by atoms with van der Waals surface area (Å²) >= 11 is 0. The number of hydrogen-bond donors (Lipinski definition) is 2. The fourth-order valence-corrected chi connectivity index (χ4v) is 3.97. The molecule has 0 bridgehead atoms. The molecule has 0 atom stereocenters. The molecular weight excluding hydrogens is 376 g/mol. The first kappa shape index (κ1) is 18.3. The molecular formula is C22H22N8. The Morgan fingerprint density at radius 3 is 2.63 bits per heavy atom. The molecule has 2 N–H and O–H groups in total. The van der Waals surface area contributed by atoms with Crippen LogP contribution in [0.3, 0.4) is 0 Å². The Morgan fingerprint density at radius 2 is 1.93 bits per heavy atom. The van der Waals surface area contributed by atoms with Crippen molar-refractivity contribution in [1.29, 1.82) is 5.26 Å². The van der Waals surface area contributed by atoms with Crippen LogP contribution in [0.15, 0.2) is 49.2 Å². The Kier molecular flexibility index (Phi) is 4.65. The monoisotopic (exact) mass is 398 g/mol.